The van der Waals surface area contributed by atoms with Crippen molar-refractivity contribution in [3.63, 3.8) is 0 Å². The molecule has 0 saturated heterocycles. The minimum Gasteiger partial charge on any atom is -0.326 e. The van der Waals surface area contributed by atoms with Crippen molar-refractivity contribution in [3.05, 3.63) is 35.9 Å². The van der Waals surface area contributed by atoms with Gasteiger partial charge < -0.3 is 5.73 Å². The van der Waals surface area contributed by atoms with Gasteiger partial charge in [0.05, 0.1) is 0 Å². The molecule has 0 heterocycles. The molecule has 1 unspecified atom stereocenters. The summed E-state index contributed by atoms with van der Waals surface area (Å²) in [6.07, 6.45) is 5.89. The van der Waals surface area contributed by atoms with Crippen molar-refractivity contribution < 1.29 is 0 Å². The highest BCUT2D eigenvalue weighted by molar-refractivity contribution is 5.26. The van der Waals surface area contributed by atoms with Crippen molar-refractivity contribution >= 4 is 0 Å². The van der Waals surface area contributed by atoms with Gasteiger partial charge in [0.2, 0.25) is 0 Å². The molecule has 0 aliphatic rings. The molecule has 0 fully saturated rings. The Balaban J connectivity index is 2.91. The Hall–Kier alpha value is -1.26. The lowest BCUT2D eigenvalue weighted by atomic mass is 9.77. The molecule has 0 radical (unpaired) electrons. The number of terminal acetylenes is 1. The SMILES string of the molecule is C#CCC(N)C(C)(C)c1ccccc1. The molecule has 1 atom stereocenters. The second kappa shape index (κ2) is 4.30. The van der Waals surface area contributed by atoms with Crippen LogP contribution in [0.1, 0.15) is 25.8 Å². The number of hydrogen-bond donors (Lipinski definition) is 1. The number of nitrogens with two attached hydrogens (primary N) is 1. The van der Waals surface area contributed by atoms with Crippen LogP contribution in [0.5, 0.6) is 0 Å². The number of hydrogen-bond acceptors (Lipinski definition) is 1. The Labute approximate surface area is 86.3 Å². The van der Waals surface area contributed by atoms with Gasteiger partial charge in [-0.05, 0) is 5.56 Å². The average molecular weight is 187 g/mol. The van der Waals surface area contributed by atoms with E-state index >= 15 is 0 Å². The van der Waals surface area contributed by atoms with Gasteiger partial charge in [-0.15, -0.1) is 12.3 Å². The van der Waals surface area contributed by atoms with Crippen LogP contribution in [0.4, 0.5) is 0 Å². The van der Waals surface area contributed by atoms with Crippen molar-refractivity contribution in [1.29, 1.82) is 0 Å². The summed E-state index contributed by atoms with van der Waals surface area (Å²) in [4.78, 5) is 0. The predicted octanol–water partition coefficient (Wildman–Crippen LogP) is 2.31. The smallest absolute Gasteiger partial charge is 0.0247 e. The van der Waals surface area contributed by atoms with Crippen molar-refractivity contribution in [1.82, 2.24) is 0 Å². The normalized spacial score (nSPS) is 13.3. The first-order valence-corrected chi connectivity index (χ1v) is 4.83. The van der Waals surface area contributed by atoms with Crippen LogP contribution < -0.4 is 5.73 Å². The fourth-order valence-corrected chi connectivity index (χ4v) is 1.46. The Morgan fingerprint density at radius 2 is 1.93 bits per heavy atom. The molecule has 0 spiro atoms. The van der Waals surface area contributed by atoms with E-state index in [4.69, 9.17) is 12.2 Å². The second-order valence-corrected chi connectivity index (χ2v) is 4.10. The maximum Gasteiger partial charge on any atom is 0.0247 e. The zero-order valence-electron chi connectivity index (χ0n) is 8.83. The molecule has 0 amide bonds. The topological polar surface area (TPSA) is 26.0 Å². The largest absolute Gasteiger partial charge is 0.326 e. The highest BCUT2D eigenvalue weighted by Crippen LogP contribution is 2.26. The summed E-state index contributed by atoms with van der Waals surface area (Å²) in [6, 6.07) is 10.3. The summed E-state index contributed by atoms with van der Waals surface area (Å²) in [5.74, 6) is 2.62. The first-order chi connectivity index (χ1) is 6.59. The molecule has 1 rings (SSSR count). The third-order valence-electron chi connectivity index (χ3n) is 2.78. The van der Waals surface area contributed by atoms with Crippen molar-refractivity contribution in [2.45, 2.75) is 31.7 Å². The molecular formula is C13H17N. The van der Waals surface area contributed by atoms with E-state index in [1.807, 2.05) is 18.2 Å². The van der Waals surface area contributed by atoms with Crippen LogP contribution in [0.2, 0.25) is 0 Å². The zero-order chi connectivity index (χ0) is 10.6. The fourth-order valence-electron chi connectivity index (χ4n) is 1.46. The average Bonchev–Trinajstić information content (AvgIpc) is 2.19. The van der Waals surface area contributed by atoms with Crippen LogP contribution >= 0.6 is 0 Å². The molecule has 1 heteroatoms. The van der Waals surface area contributed by atoms with E-state index in [1.165, 1.54) is 5.56 Å². The highest BCUT2D eigenvalue weighted by atomic mass is 14.7. The van der Waals surface area contributed by atoms with Gasteiger partial charge in [0.1, 0.15) is 0 Å². The summed E-state index contributed by atoms with van der Waals surface area (Å²) in [7, 11) is 0. The highest BCUT2D eigenvalue weighted by Gasteiger charge is 2.27. The van der Waals surface area contributed by atoms with E-state index < -0.39 is 0 Å². The molecule has 0 aliphatic carbocycles. The van der Waals surface area contributed by atoms with Crippen molar-refractivity contribution in [3.8, 4) is 12.3 Å². The number of rotatable bonds is 3. The van der Waals surface area contributed by atoms with Gasteiger partial charge in [0.25, 0.3) is 0 Å². The van der Waals surface area contributed by atoms with Gasteiger partial charge >= 0.3 is 0 Å². The monoisotopic (exact) mass is 187 g/mol. The van der Waals surface area contributed by atoms with Crippen molar-refractivity contribution in [2.24, 2.45) is 5.73 Å². The molecule has 0 aromatic heterocycles. The van der Waals surface area contributed by atoms with Gasteiger partial charge in [0.15, 0.2) is 0 Å². The molecule has 1 aromatic rings. The van der Waals surface area contributed by atoms with Crippen LogP contribution in [0, 0.1) is 12.3 Å². The lowest BCUT2D eigenvalue weighted by Crippen LogP contribution is -2.40. The zero-order valence-corrected chi connectivity index (χ0v) is 8.83. The van der Waals surface area contributed by atoms with Crippen LogP contribution in [0.15, 0.2) is 30.3 Å². The van der Waals surface area contributed by atoms with E-state index in [0.717, 1.165) is 0 Å². The van der Waals surface area contributed by atoms with Gasteiger partial charge in [-0.1, -0.05) is 44.2 Å². The molecule has 1 aromatic carbocycles. The molecular weight excluding hydrogens is 170 g/mol. The van der Waals surface area contributed by atoms with Crippen LogP contribution in [0.3, 0.4) is 0 Å². The van der Waals surface area contributed by atoms with Gasteiger partial charge in [-0.3, -0.25) is 0 Å². The summed E-state index contributed by atoms with van der Waals surface area (Å²) < 4.78 is 0. The van der Waals surface area contributed by atoms with Gasteiger partial charge in [-0.25, -0.2) is 0 Å². The first kappa shape index (κ1) is 10.8. The quantitative estimate of drug-likeness (QED) is 0.722. The van der Waals surface area contributed by atoms with Crippen LogP contribution in [-0.2, 0) is 5.41 Å². The Kier molecular flexibility index (Phi) is 3.33. The molecule has 0 bridgehead atoms. The van der Waals surface area contributed by atoms with E-state index in [-0.39, 0.29) is 11.5 Å². The fraction of sp³-hybridized carbons (Fsp3) is 0.385. The van der Waals surface area contributed by atoms with E-state index in [9.17, 15) is 0 Å². The Morgan fingerprint density at radius 1 is 1.36 bits per heavy atom. The third kappa shape index (κ3) is 2.16. The molecule has 74 valence electrons. The minimum atomic E-state index is -0.0619. The maximum atomic E-state index is 6.05. The maximum absolute atomic E-state index is 6.05. The Morgan fingerprint density at radius 3 is 2.43 bits per heavy atom. The molecule has 0 saturated carbocycles. The van der Waals surface area contributed by atoms with E-state index in [2.05, 4.69) is 31.9 Å². The minimum absolute atomic E-state index is 0.00917. The standard InChI is InChI=1S/C13H17N/c1-4-8-12(14)13(2,3)11-9-6-5-7-10-11/h1,5-7,9-10,12H,8,14H2,2-3H3. The first-order valence-electron chi connectivity index (χ1n) is 4.83. The second-order valence-electron chi connectivity index (χ2n) is 4.10. The van der Waals surface area contributed by atoms with Gasteiger partial charge in [-0.2, -0.15) is 0 Å². The third-order valence-corrected chi connectivity index (χ3v) is 2.78. The number of benzene rings is 1. The summed E-state index contributed by atoms with van der Waals surface area (Å²) in [5.41, 5.74) is 7.23. The lowest BCUT2D eigenvalue weighted by Gasteiger charge is -2.31. The summed E-state index contributed by atoms with van der Waals surface area (Å²) >= 11 is 0. The van der Waals surface area contributed by atoms with Crippen molar-refractivity contribution in [2.75, 3.05) is 0 Å². The molecule has 1 nitrogen and oxygen atoms in total. The van der Waals surface area contributed by atoms with Gasteiger partial charge in [0, 0.05) is 17.9 Å². The predicted molar refractivity (Wildman–Crippen MR) is 60.9 cm³/mol. The summed E-state index contributed by atoms with van der Waals surface area (Å²) in [6.45, 7) is 4.26. The molecule has 14 heavy (non-hydrogen) atoms. The summed E-state index contributed by atoms with van der Waals surface area (Å²) in [5, 5.41) is 0. The van der Waals surface area contributed by atoms with Crippen LogP contribution in [-0.4, -0.2) is 6.04 Å². The molecule has 0 aliphatic heterocycles. The van der Waals surface area contributed by atoms with Crippen LogP contribution in [0.25, 0.3) is 0 Å². The van der Waals surface area contributed by atoms with E-state index in [1.54, 1.807) is 0 Å². The Bertz CT molecular complexity index is 319. The molecule has 2 N–H and O–H groups in total. The van der Waals surface area contributed by atoms with E-state index in [0.29, 0.717) is 6.42 Å². The lowest BCUT2D eigenvalue weighted by molar-refractivity contribution is 0.415.